The van der Waals surface area contributed by atoms with Crippen molar-refractivity contribution < 1.29 is 13.2 Å². The fourth-order valence-corrected chi connectivity index (χ4v) is 4.41. The Kier molecular flexibility index (Phi) is 6.80. The van der Waals surface area contributed by atoms with E-state index in [1.165, 1.54) is 12.1 Å². The molecule has 2 N–H and O–H groups in total. The number of aryl methyl sites for hydroxylation is 3. The molecular weight excluding hydrogens is 420 g/mol. The van der Waals surface area contributed by atoms with E-state index in [0.717, 1.165) is 16.7 Å². The van der Waals surface area contributed by atoms with Crippen molar-refractivity contribution in [3.05, 3.63) is 88.4 Å². The highest BCUT2D eigenvalue weighted by Gasteiger charge is 2.15. The van der Waals surface area contributed by atoms with Crippen LogP contribution >= 0.6 is 11.6 Å². The molecule has 0 fully saturated rings. The van der Waals surface area contributed by atoms with Gasteiger partial charge in [-0.1, -0.05) is 35.9 Å². The largest absolute Gasteiger partial charge is 0.326 e. The number of benzene rings is 3. The predicted molar refractivity (Wildman–Crippen MR) is 122 cm³/mol. The van der Waals surface area contributed by atoms with Gasteiger partial charge in [0, 0.05) is 22.8 Å². The standard InChI is InChI=1S/C23H23ClN2O3S/c1-16-13-17(2)15-20(14-16)26-30(28,29)21-10-8-19(9-11-21)25-23(27)12-7-18-5-3-4-6-22(18)24/h3-6,8-11,13-15,26H,7,12H2,1-2H3,(H,25,27). The molecule has 0 bridgehead atoms. The maximum atomic E-state index is 12.6. The van der Waals surface area contributed by atoms with Crippen molar-refractivity contribution in [1.29, 1.82) is 0 Å². The first kappa shape index (κ1) is 21.9. The monoisotopic (exact) mass is 442 g/mol. The summed E-state index contributed by atoms with van der Waals surface area (Å²) in [6.07, 6.45) is 0.801. The molecule has 0 radical (unpaired) electrons. The van der Waals surface area contributed by atoms with Crippen LogP contribution in [0.3, 0.4) is 0 Å². The number of hydrogen-bond donors (Lipinski definition) is 2. The summed E-state index contributed by atoms with van der Waals surface area (Å²) in [4.78, 5) is 12.3. The summed E-state index contributed by atoms with van der Waals surface area (Å²) in [5, 5.41) is 3.41. The zero-order valence-corrected chi connectivity index (χ0v) is 18.3. The van der Waals surface area contributed by atoms with Crippen molar-refractivity contribution in [3.63, 3.8) is 0 Å². The number of halogens is 1. The molecule has 0 unspecified atom stereocenters. The number of rotatable bonds is 7. The van der Waals surface area contributed by atoms with Crippen LogP contribution in [-0.2, 0) is 21.2 Å². The van der Waals surface area contributed by atoms with Crippen molar-refractivity contribution in [2.45, 2.75) is 31.6 Å². The Balaban J connectivity index is 1.62. The molecule has 0 aliphatic heterocycles. The Hall–Kier alpha value is -2.83. The van der Waals surface area contributed by atoms with Gasteiger partial charge in [-0.05, 0) is 79.4 Å². The third-order valence-corrected chi connectivity index (χ3v) is 6.27. The van der Waals surface area contributed by atoms with E-state index in [1.807, 2.05) is 38.1 Å². The van der Waals surface area contributed by atoms with Gasteiger partial charge in [-0.2, -0.15) is 0 Å². The predicted octanol–water partition coefficient (Wildman–Crippen LogP) is 5.33. The maximum Gasteiger partial charge on any atom is 0.261 e. The van der Waals surface area contributed by atoms with Crippen molar-refractivity contribution in [3.8, 4) is 0 Å². The van der Waals surface area contributed by atoms with Crippen molar-refractivity contribution in [1.82, 2.24) is 0 Å². The molecule has 0 spiro atoms. The number of anilines is 2. The van der Waals surface area contributed by atoms with Crippen LogP contribution in [0.2, 0.25) is 5.02 Å². The summed E-state index contributed by atoms with van der Waals surface area (Å²) >= 11 is 6.11. The molecule has 0 aromatic heterocycles. The molecular formula is C23H23ClN2O3S. The maximum absolute atomic E-state index is 12.6. The number of sulfonamides is 1. The van der Waals surface area contributed by atoms with E-state index in [-0.39, 0.29) is 17.2 Å². The summed E-state index contributed by atoms with van der Waals surface area (Å²) in [5.41, 5.74) is 3.91. The zero-order chi connectivity index (χ0) is 21.7. The van der Waals surface area contributed by atoms with Crippen LogP contribution in [0.15, 0.2) is 71.6 Å². The minimum absolute atomic E-state index is 0.121. The lowest BCUT2D eigenvalue weighted by Crippen LogP contribution is -2.14. The average molecular weight is 443 g/mol. The van der Waals surface area contributed by atoms with Gasteiger partial charge in [0.05, 0.1) is 4.90 Å². The fourth-order valence-electron chi connectivity index (χ4n) is 3.14. The zero-order valence-electron chi connectivity index (χ0n) is 16.8. The number of carbonyl (C=O) groups is 1. The van der Waals surface area contributed by atoms with Crippen molar-refractivity contribution in [2.24, 2.45) is 0 Å². The van der Waals surface area contributed by atoms with E-state index < -0.39 is 10.0 Å². The summed E-state index contributed by atoms with van der Waals surface area (Å²) in [6.45, 7) is 3.82. The van der Waals surface area contributed by atoms with Crippen LogP contribution < -0.4 is 10.0 Å². The van der Waals surface area contributed by atoms with Crippen LogP contribution in [0.5, 0.6) is 0 Å². The summed E-state index contributed by atoms with van der Waals surface area (Å²) in [7, 11) is -3.72. The topological polar surface area (TPSA) is 75.3 Å². The highest BCUT2D eigenvalue weighted by atomic mass is 35.5. The smallest absolute Gasteiger partial charge is 0.261 e. The second-order valence-corrected chi connectivity index (χ2v) is 9.24. The van der Waals surface area contributed by atoms with Crippen molar-refractivity contribution >= 4 is 38.9 Å². The van der Waals surface area contributed by atoms with E-state index in [4.69, 9.17) is 11.6 Å². The molecule has 0 aliphatic carbocycles. The number of amides is 1. The third-order valence-electron chi connectivity index (χ3n) is 4.50. The normalized spacial score (nSPS) is 11.2. The van der Waals surface area contributed by atoms with Crippen LogP contribution in [-0.4, -0.2) is 14.3 Å². The quantitative estimate of drug-likeness (QED) is 0.519. The highest BCUT2D eigenvalue weighted by molar-refractivity contribution is 7.92. The van der Waals surface area contributed by atoms with Gasteiger partial charge in [0.1, 0.15) is 0 Å². The molecule has 0 saturated heterocycles. The van der Waals surface area contributed by atoms with Crippen LogP contribution in [0, 0.1) is 13.8 Å². The number of nitrogens with one attached hydrogen (secondary N) is 2. The number of hydrogen-bond acceptors (Lipinski definition) is 3. The first-order valence-corrected chi connectivity index (χ1v) is 11.3. The second kappa shape index (κ2) is 9.32. The van der Waals surface area contributed by atoms with Gasteiger partial charge in [-0.25, -0.2) is 8.42 Å². The summed E-state index contributed by atoms with van der Waals surface area (Å²) in [6, 6.07) is 19.0. The third kappa shape index (κ3) is 5.84. The molecule has 1 amide bonds. The molecule has 30 heavy (non-hydrogen) atoms. The Bertz CT molecular complexity index is 1140. The Labute approximate surface area is 182 Å². The molecule has 7 heteroatoms. The van der Waals surface area contributed by atoms with Gasteiger partial charge in [0.25, 0.3) is 10.0 Å². The Morgan fingerprint density at radius 2 is 1.53 bits per heavy atom. The van der Waals surface area contributed by atoms with Crippen LogP contribution in [0.4, 0.5) is 11.4 Å². The van der Waals surface area contributed by atoms with E-state index in [1.54, 1.807) is 30.3 Å². The van der Waals surface area contributed by atoms with Gasteiger partial charge in [-0.3, -0.25) is 9.52 Å². The molecule has 156 valence electrons. The molecule has 5 nitrogen and oxygen atoms in total. The first-order chi connectivity index (χ1) is 14.2. The van der Waals surface area contributed by atoms with Gasteiger partial charge >= 0.3 is 0 Å². The van der Waals surface area contributed by atoms with Crippen LogP contribution in [0.1, 0.15) is 23.1 Å². The SMILES string of the molecule is Cc1cc(C)cc(NS(=O)(=O)c2ccc(NC(=O)CCc3ccccc3Cl)cc2)c1. The van der Waals surface area contributed by atoms with Gasteiger partial charge in [-0.15, -0.1) is 0 Å². The van der Waals surface area contributed by atoms with Gasteiger partial charge < -0.3 is 5.32 Å². The second-order valence-electron chi connectivity index (χ2n) is 7.15. The van der Waals surface area contributed by atoms with E-state index >= 15 is 0 Å². The molecule has 0 aliphatic rings. The van der Waals surface area contributed by atoms with Crippen molar-refractivity contribution in [2.75, 3.05) is 10.0 Å². The average Bonchev–Trinajstić information content (AvgIpc) is 2.66. The van der Waals surface area contributed by atoms with Crippen LogP contribution in [0.25, 0.3) is 0 Å². The Morgan fingerprint density at radius 1 is 0.900 bits per heavy atom. The Morgan fingerprint density at radius 3 is 2.17 bits per heavy atom. The molecule has 0 saturated carbocycles. The van der Waals surface area contributed by atoms with E-state index in [0.29, 0.717) is 22.8 Å². The van der Waals surface area contributed by atoms with E-state index in [2.05, 4.69) is 10.0 Å². The minimum atomic E-state index is -3.72. The molecule has 3 aromatic carbocycles. The lowest BCUT2D eigenvalue weighted by molar-refractivity contribution is -0.116. The summed E-state index contributed by atoms with van der Waals surface area (Å²) < 4.78 is 27.9. The highest BCUT2D eigenvalue weighted by Crippen LogP contribution is 2.21. The summed E-state index contributed by atoms with van der Waals surface area (Å²) in [5.74, 6) is -0.168. The lowest BCUT2D eigenvalue weighted by Gasteiger charge is -2.11. The van der Waals surface area contributed by atoms with E-state index in [9.17, 15) is 13.2 Å². The number of carbonyl (C=O) groups excluding carboxylic acids is 1. The molecule has 3 rings (SSSR count). The van der Waals surface area contributed by atoms with Gasteiger partial charge in [0.15, 0.2) is 0 Å². The molecule has 3 aromatic rings. The minimum Gasteiger partial charge on any atom is -0.326 e. The fraction of sp³-hybridized carbons (Fsp3) is 0.174. The molecule has 0 heterocycles. The first-order valence-electron chi connectivity index (χ1n) is 9.47. The molecule has 0 atom stereocenters. The lowest BCUT2D eigenvalue weighted by atomic mass is 10.1. The van der Waals surface area contributed by atoms with Gasteiger partial charge in [0.2, 0.25) is 5.91 Å².